The molecule has 0 bridgehead atoms. The lowest BCUT2D eigenvalue weighted by Gasteiger charge is -2.19. The van der Waals surface area contributed by atoms with Crippen molar-refractivity contribution in [2.75, 3.05) is 7.11 Å². The van der Waals surface area contributed by atoms with Gasteiger partial charge in [0.1, 0.15) is 5.75 Å². The van der Waals surface area contributed by atoms with Crippen LogP contribution in [0.3, 0.4) is 0 Å². The Morgan fingerprint density at radius 2 is 1.62 bits per heavy atom. The lowest BCUT2D eigenvalue weighted by Crippen LogP contribution is -2.28. The highest BCUT2D eigenvalue weighted by Crippen LogP contribution is 2.23. The quantitative estimate of drug-likeness (QED) is 0.412. The first-order chi connectivity index (χ1) is 14.1. The second-order valence-corrected chi connectivity index (χ2v) is 7.04. The number of nitrogens with one attached hydrogen (secondary N) is 1. The molecule has 3 aromatic carbocycles. The van der Waals surface area contributed by atoms with Gasteiger partial charge in [-0.1, -0.05) is 79.2 Å². The number of methoxy groups -OCH3 is 1. The molecule has 1 atom stereocenters. The minimum atomic E-state index is -0.0838. The Kier molecular flexibility index (Phi) is 6.85. The van der Waals surface area contributed by atoms with Gasteiger partial charge in [-0.15, -0.1) is 0 Å². The van der Waals surface area contributed by atoms with Gasteiger partial charge in [0.05, 0.1) is 13.2 Å². The van der Waals surface area contributed by atoms with Gasteiger partial charge in [-0.25, -0.2) is 0 Å². The van der Waals surface area contributed by atoms with Crippen molar-refractivity contribution in [2.24, 2.45) is 0 Å². The van der Waals surface area contributed by atoms with E-state index in [0.29, 0.717) is 5.57 Å². The first-order valence-electron chi connectivity index (χ1n) is 9.89. The Bertz CT molecular complexity index is 958. The monoisotopic (exact) mass is 385 g/mol. The Morgan fingerprint density at radius 3 is 2.21 bits per heavy atom. The fourth-order valence-electron chi connectivity index (χ4n) is 3.22. The molecule has 3 rings (SSSR count). The molecule has 1 N–H and O–H groups in total. The largest absolute Gasteiger partial charge is 0.497 e. The Morgan fingerprint density at radius 1 is 0.966 bits per heavy atom. The third kappa shape index (κ3) is 5.35. The molecule has 0 aliphatic heterocycles. The highest BCUT2D eigenvalue weighted by molar-refractivity contribution is 6.24. The second-order valence-electron chi connectivity index (χ2n) is 7.04. The summed E-state index contributed by atoms with van der Waals surface area (Å²) in [5.74, 6) is 0.706. The van der Waals surface area contributed by atoms with Gasteiger partial charge in [-0.3, -0.25) is 4.79 Å². The van der Waals surface area contributed by atoms with Crippen LogP contribution in [-0.2, 0) is 4.79 Å². The van der Waals surface area contributed by atoms with Gasteiger partial charge in [0.25, 0.3) is 5.91 Å². The summed E-state index contributed by atoms with van der Waals surface area (Å²) in [5.41, 5.74) is 4.80. The zero-order valence-corrected chi connectivity index (χ0v) is 17.2. The van der Waals surface area contributed by atoms with E-state index in [1.54, 1.807) is 7.11 Å². The molecule has 0 fully saturated rings. The molecular weight excluding hydrogens is 358 g/mol. The van der Waals surface area contributed by atoms with E-state index in [4.69, 9.17) is 4.74 Å². The maximum absolute atomic E-state index is 13.3. The molecule has 0 saturated heterocycles. The molecule has 1 amide bonds. The summed E-state index contributed by atoms with van der Waals surface area (Å²) in [6.45, 7) is 4.15. The normalized spacial score (nSPS) is 12.3. The van der Waals surface area contributed by atoms with Crippen LogP contribution in [0.4, 0.5) is 0 Å². The number of carbonyl (C=O) groups excluding carboxylic acids is 1. The molecule has 0 saturated carbocycles. The number of hydrogen-bond donors (Lipinski definition) is 1. The molecular formula is C26H27NO2. The van der Waals surface area contributed by atoms with Gasteiger partial charge in [-0.05, 0) is 48.2 Å². The van der Waals surface area contributed by atoms with Crippen molar-refractivity contribution in [1.29, 1.82) is 0 Å². The molecule has 0 aliphatic carbocycles. The summed E-state index contributed by atoms with van der Waals surface area (Å²) in [6.07, 6.45) is 2.74. The molecule has 3 nitrogen and oxygen atoms in total. The molecule has 29 heavy (non-hydrogen) atoms. The van der Waals surface area contributed by atoms with Crippen LogP contribution in [0, 0.1) is 6.92 Å². The Balaban J connectivity index is 1.91. The first-order valence-corrected chi connectivity index (χ1v) is 9.89. The fourth-order valence-corrected chi connectivity index (χ4v) is 3.22. The van der Waals surface area contributed by atoms with E-state index in [9.17, 15) is 4.79 Å². The highest BCUT2D eigenvalue weighted by atomic mass is 16.5. The fraction of sp³-hybridized carbons (Fsp3) is 0.192. The number of aryl methyl sites for hydroxylation is 1. The van der Waals surface area contributed by atoms with E-state index in [1.165, 1.54) is 5.56 Å². The summed E-state index contributed by atoms with van der Waals surface area (Å²) >= 11 is 0. The van der Waals surface area contributed by atoms with Crippen molar-refractivity contribution in [1.82, 2.24) is 5.32 Å². The average molecular weight is 386 g/mol. The van der Waals surface area contributed by atoms with Crippen LogP contribution < -0.4 is 10.1 Å². The number of ether oxygens (including phenoxy) is 1. The summed E-state index contributed by atoms with van der Waals surface area (Å²) in [5, 5.41) is 3.21. The maximum Gasteiger partial charge on any atom is 0.252 e. The topological polar surface area (TPSA) is 38.3 Å². The molecule has 0 aromatic heterocycles. The predicted molar refractivity (Wildman–Crippen MR) is 120 cm³/mol. The standard InChI is InChI=1S/C26H27NO2/c1-4-25(22-14-10-19(2)11-15-22)27-26(28)24(21-8-6-5-7-9-21)18-20-12-16-23(29-3)17-13-20/h5-18,25H,4H2,1-3H3,(H,27,28)/b24-18+. The zero-order valence-electron chi connectivity index (χ0n) is 17.2. The maximum atomic E-state index is 13.3. The highest BCUT2D eigenvalue weighted by Gasteiger charge is 2.17. The average Bonchev–Trinajstić information content (AvgIpc) is 2.77. The third-order valence-electron chi connectivity index (χ3n) is 4.95. The Labute approximate surface area is 173 Å². The minimum Gasteiger partial charge on any atom is -0.497 e. The van der Waals surface area contributed by atoms with Crippen molar-refractivity contribution >= 4 is 17.6 Å². The van der Waals surface area contributed by atoms with E-state index in [1.807, 2.05) is 60.7 Å². The lowest BCUT2D eigenvalue weighted by molar-refractivity contribution is -0.116. The number of rotatable bonds is 7. The first kappa shape index (κ1) is 20.4. The SMILES string of the molecule is CCC(NC(=O)/C(=C/c1ccc(OC)cc1)c1ccccc1)c1ccc(C)cc1. The van der Waals surface area contributed by atoms with E-state index >= 15 is 0 Å². The second kappa shape index (κ2) is 9.74. The van der Waals surface area contributed by atoms with Crippen molar-refractivity contribution in [3.05, 3.63) is 101 Å². The number of carbonyl (C=O) groups is 1. The Hall–Kier alpha value is -3.33. The van der Waals surface area contributed by atoms with Crippen LogP contribution in [0.1, 0.15) is 41.6 Å². The number of hydrogen-bond acceptors (Lipinski definition) is 2. The van der Waals surface area contributed by atoms with Crippen molar-refractivity contribution in [2.45, 2.75) is 26.3 Å². The van der Waals surface area contributed by atoms with Crippen molar-refractivity contribution in [3.63, 3.8) is 0 Å². The zero-order chi connectivity index (χ0) is 20.6. The van der Waals surface area contributed by atoms with Gasteiger partial charge >= 0.3 is 0 Å². The van der Waals surface area contributed by atoms with E-state index < -0.39 is 0 Å². The van der Waals surface area contributed by atoms with Crippen LogP contribution in [0.25, 0.3) is 11.6 Å². The summed E-state index contributed by atoms with van der Waals surface area (Å²) in [7, 11) is 1.64. The third-order valence-corrected chi connectivity index (χ3v) is 4.95. The van der Waals surface area contributed by atoms with Gasteiger partial charge in [0.15, 0.2) is 0 Å². The molecule has 0 heterocycles. The summed E-state index contributed by atoms with van der Waals surface area (Å²) < 4.78 is 5.23. The molecule has 1 unspecified atom stereocenters. The molecule has 3 heteroatoms. The molecule has 3 aromatic rings. The van der Waals surface area contributed by atoms with Crippen LogP contribution >= 0.6 is 0 Å². The van der Waals surface area contributed by atoms with Gasteiger partial charge in [-0.2, -0.15) is 0 Å². The van der Waals surface area contributed by atoms with Crippen molar-refractivity contribution < 1.29 is 9.53 Å². The van der Waals surface area contributed by atoms with Gasteiger partial charge in [0, 0.05) is 5.57 Å². The predicted octanol–water partition coefficient (Wildman–Crippen LogP) is 5.81. The van der Waals surface area contributed by atoms with E-state index in [2.05, 4.69) is 43.4 Å². The smallest absolute Gasteiger partial charge is 0.252 e. The molecule has 0 spiro atoms. The van der Waals surface area contributed by atoms with Gasteiger partial charge in [0.2, 0.25) is 0 Å². The molecule has 0 aliphatic rings. The summed E-state index contributed by atoms with van der Waals surface area (Å²) in [6, 6.07) is 25.7. The number of benzene rings is 3. The number of amides is 1. The minimum absolute atomic E-state index is 0.0360. The summed E-state index contributed by atoms with van der Waals surface area (Å²) in [4.78, 5) is 13.3. The van der Waals surface area contributed by atoms with Crippen LogP contribution in [0.5, 0.6) is 5.75 Å². The molecule has 0 radical (unpaired) electrons. The van der Waals surface area contributed by atoms with Crippen LogP contribution in [0.2, 0.25) is 0 Å². The lowest BCUT2D eigenvalue weighted by atomic mass is 9.99. The van der Waals surface area contributed by atoms with Gasteiger partial charge < -0.3 is 10.1 Å². The van der Waals surface area contributed by atoms with Crippen LogP contribution in [-0.4, -0.2) is 13.0 Å². The van der Waals surface area contributed by atoms with E-state index in [-0.39, 0.29) is 11.9 Å². The molecule has 148 valence electrons. The van der Waals surface area contributed by atoms with E-state index in [0.717, 1.165) is 28.9 Å². The van der Waals surface area contributed by atoms with Crippen molar-refractivity contribution in [3.8, 4) is 5.75 Å². The van der Waals surface area contributed by atoms with Crippen LogP contribution in [0.15, 0.2) is 78.9 Å².